The highest BCUT2D eigenvalue weighted by Crippen LogP contribution is 2.19. The number of rotatable bonds is 8. The minimum atomic E-state index is -0.642. The normalized spacial score (nSPS) is 11.7. The van der Waals surface area contributed by atoms with E-state index in [0.717, 1.165) is 11.6 Å². The molecule has 3 aromatic rings. The fourth-order valence-electron chi connectivity index (χ4n) is 2.79. The highest BCUT2D eigenvalue weighted by atomic mass is 19.1. The minimum Gasteiger partial charge on any atom is -0.489 e. The Morgan fingerprint density at radius 3 is 2.41 bits per heavy atom. The maximum absolute atomic E-state index is 13.8. The van der Waals surface area contributed by atoms with Crippen LogP contribution >= 0.6 is 0 Å². The molecule has 29 heavy (non-hydrogen) atoms. The second kappa shape index (κ2) is 9.80. The Morgan fingerprint density at radius 2 is 1.72 bits per heavy atom. The molecule has 1 atom stereocenters. The highest BCUT2D eigenvalue weighted by Gasteiger charge is 2.13. The van der Waals surface area contributed by atoms with Crippen molar-refractivity contribution in [2.75, 3.05) is 11.9 Å². The van der Waals surface area contributed by atoms with Crippen LogP contribution in [0.2, 0.25) is 0 Å². The number of carbonyl (C=O) groups excluding carboxylic acids is 1. The summed E-state index contributed by atoms with van der Waals surface area (Å²) in [6.07, 6.45) is 0. The molecule has 0 aliphatic rings. The van der Waals surface area contributed by atoms with Gasteiger partial charge in [0, 0.05) is 23.4 Å². The molecule has 0 heterocycles. The fraction of sp³-hybridized carbons (Fsp3) is 0.174. The van der Waals surface area contributed by atoms with E-state index in [0.29, 0.717) is 23.6 Å². The van der Waals surface area contributed by atoms with Crippen LogP contribution in [0.3, 0.4) is 0 Å². The molecule has 0 aliphatic carbocycles. The molecule has 0 bridgehead atoms. The summed E-state index contributed by atoms with van der Waals surface area (Å²) in [5.41, 5.74) is 2.01. The maximum atomic E-state index is 13.8. The topological polar surface area (TPSA) is 50.4 Å². The van der Waals surface area contributed by atoms with Crippen LogP contribution in [0.1, 0.15) is 24.1 Å². The molecule has 0 saturated heterocycles. The maximum Gasteiger partial charge on any atom is 0.238 e. The van der Waals surface area contributed by atoms with Crippen molar-refractivity contribution in [1.82, 2.24) is 5.32 Å². The number of carbonyl (C=O) groups is 1. The van der Waals surface area contributed by atoms with Crippen LogP contribution in [0.4, 0.5) is 14.5 Å². The number of hydrogen-bond donors (Lipinski definition) is 2. The zero-order chi connectivity index (χ0) is 20.6. The van der Waals surface area contributed by atoms with Crippen molar-refractivity contribution < 1.29 is 18.3 Å². The van der Waals surface area contributed by atoms with Gasteiger partial charge in [0.15, 0.2) is 0 Å². The van der Waals surface area contributed by atoms with Crippen LogP contribution < -0.4 is 15.4 Å². The average molecular weight is 396 g/mol. The number of halogens is 2. The SMILES string of the molecule is C[C@H](NCC(=O)Nc1ccc(OCc2ccccc2)cc1)c1ccc(F)cc1F. The van der Waals surface area contributed by atoms with Crippen LogP contribution in [-0.2, 0) is 11.4 Å². The standard InChI is InChI=1S/C23H22F2N2O2/c1-16(21-12-7-18(24)13-22(21)25)26-14-23(28)27-19-8-10-20(11-9-19)29-15-17-5-3-2-4-6-17/h2-13,16,26H,14-15H2,1H3,(H,27,28)/t16-/m0/s1. The quantitative estimate of drug-likeness (QED) is 0.573. The van der Waals surface area contributed by atoms with Gasteiger partial charge in [-0.05, 0) is 42.8 Å². The van der Waals surface area contributed by atoms with Gasteiger partial charge in [-0.15, -0.1) is 0 Å². The molecular formula is C23H22F2N2O2. The molecule has 0 aliphatic heterocycles. The number of nitrogens with one attached hydrogen (secondary N) is 2. The zero-order valence-electron chi connectivity index (χ0n) is 16.0. The lowest BCUT2D eigenvalue weighted by Crippen LogP contribution is -2.30. The lowest BCUT2D eigenvalue weighted by Gasteiger charge is -2.15. The Labute approximate surface area is 168 Å². The van der Waals surface area contributed by atoms with Gasteiger partial charge in [0.1, 0.15) is 24.0 Å². The molecule has 0 saturated carbocycles. The fourth-order valence-corrected chi connectivity index (χ4v) is 2.79. The van der Waals surface area contributed by atoms with Crippen molar-refractivity contribution in [3.05, 3.63) is 95.6 Å². The van der Waals surface area contributed by atoms with Crippen molar-refractivity contribution >= 4 is 11.6 Å². The molecule has 0 fully saturated rings. The van der Waals surface area contributed by atoms with Crippen LogP contribution in [-0.4, -0.2) is 12.5 Å². The number of ether oxygens (including phenoxy) is 1. The van der Waals surface area contributed by atoms with E-state index < -0.39 is 17.7 Å². The number of benzene rings is 3. The minimum absolute atomic E-state index is 0.00968. The van der Waals surface area contributed by atoms with Gasteiger partial charge in [-0.3, -0.25) is 4.79 Å². The number of hydrogen-bond acceptors (Lipinski definition) is 3. The summed E-state index contributed by atoms with van der Waals surface area (Å²) >= 11 is 0. The smallest absolute Gasteiger partial charge is 0.238 e. The zero-order valence-corrected chi connectivity index (χ0v) is 16.0. The second-order valence-electron chi connectivity index (χ2n) is 6.62. The molecule has 3 rings (SSSR count). The van der Waals surface area contributed by atoms with Gasteiger partial charge in [0.2, 0.25) is 5.91 Å². The van der Waals surface area contributed by atoms with E-state index >= 15 is 0 Å². The van der Waals surface area contributed by atoms with E-state index in [2.05, 4.69) is 10.6 Å². The van der Waals surface area contributed by atoms with E-state index in [4.69, 9.17) is 4.74 Å². The summed E-state index contributed by atoms with van der Waals surface area (Å²) in [6.45, 7) is 2.17. The number of amides is 1. The van der Waals surface area contributed by atoms with Crippen LogP contribution in [0.25, 0.3) is 0 Å². The van der Waals surface area contributed by atoms with Gasteiger partial charge in [-0.2, -0.15) is 0 Å². The summed E-state index contributed by atoms with van der Waals surface area (Å²) in [7, 11) is 0. The van der Waals surface area contributed by atoms with E-state index in [1.165, 1.54) is 12.1 Å². The van der Waals surface area contributed by atoms with Gasteiger partial charge in [0.05, 0.1) is 6.54 Å². The first-order valence-corrected chi connectivity index (χ1v) is 9.26. The van der Waals surface area contributed by atoms with E-state index in [1.54, 1.807) is 31.2 Å². The summed E-state index contributed by atoms with van der Waals surface area (Å²) in [4.78, 5) is 12.1. The summed E-state index contributed by atoms with van der Waals surface area (Å²) in [6, 6.07) is 19.9. The Bertz CT molecular complexity index is 947. The summed E-state index contributed by atoms with van der Waals surface area (Å²) in [5.74, 6) is -0.841. The van der Waals surface area contributed by atoms with Crippen LogP contribution in [0.5, 0.6) is 5.75 Å². The van der Waals surface area contributed by atoms with E-state index in [-0.39, 0.29) is 12.5 Å². The third-order valence-electron chi connectivity index (χ3n) is 4.38. The van der Waals surface area contributed by atoms with E-state index in [1.807, 2.05) is 30.3 Å². The van der Waals surface area contributed by atoms with Gasteiger partial charge in [0.25, 0.3) is 0 Å². The molecule has 0 spiro atoms. The van der Waals surface area contributed by atoms with Crippen molar-refractivity contribution in [2.24, 2.45) is 0 Å². The largest absolute Gasteiger partial charge is 0.489 e. The monoisotopic (exact) mass is 396 g/mol. The van der Waals surface area contributed by atoms with E-state index in [9.17, 15) is 13.6 Å². The molecule has 4 nitrogen and oxygen atoms in total. The van der Waals surface area contributed by atoms with Gasteiger partial charge in [-0.1, -0.05) is 36.4 Å². The molecule has 0 radical (unpaired) electrons. The van der Waals surface area contributed by atoms with Crippen LogP contribution in [0, 0.1) is 11.6 Å². The first-order chi connectivity index (χ1) is 14.0. The van der Waals surface area contributed by atoms with Crippen LogP contribution in [0.15, 0.2) is 72.8 Å². The molecule has 150 valence electrons. The molecule has 2 N–H and O–H groups in total. The Kier molecular flexibility index (Phi) is 6.92. The van der Waals surface area contributed by atoms with Crippen molar-refractivity contribution in [2.45, 2.75) is 19.6 Å². The molecule has 3 aromatic carbocycles. The third-order valence-corrected chi connectivity index (χ3v) is 4.38. The first-order valence-electron chi connectivity index (χ1n) is 9.26. The summed E-state index contributed by atoms with van der Waals surface area (Å²) in [5, 5.41) is 5.69. The predicted octanol–water partition coefficient (Wildman–Crippen LogP) is 4.83. The predicted molar refractivity (Wildman–Crippen MR) is 109 cm³/mol. The molecule has 0 aromatic heterocycles. The Morgan fingerprint density at radius 1 is 1.00 bits per heavy atom. The first kappa shape index (κ1) is 20.5. The van der Waals surface area contributed by atoms with Gasteiger partial charge in [-0.25, -0.2) is 8.78 Å². The molecule has 1 amide bonds. The average Bonchev–Trinajstić information content (AvgIpc) is 2.72. The van der Waals surface area contributed by atoms with Crippen molar-refractivity contribution in [3.8, 4) is 5.75 Å². The summed E-state index contributed by atoms with van der Waals surface area (Å²) < 4.78 is 32.5. The van der Waals surface area contributed by atoms with Gasteiger partial charge >= 0.3 is 0 Å². The van der Waals surface area contributed by atoms with Crippen molar-refractivity contribution in [1.29, 1.82) is 0 Å². The molecule has 0 unspecified atom stereocenters. The lowest BCUT2D eigenvalue weighted by atomic mass is 10.1. The molecule has 6 heteroatoms. The Hall–Kier alpha value is -3.25. The molecular weight excluding hydrogens is 374 g/mol. The second-order valence-corrected chi connectivity index (χ2v) is 6.62. The number of anilines is 1. The lowest BCUT2D eigenvalue weighted by molar-refractivity contribution is -0.115. The third kappa shape index (κ3) is 6.12. The van der Waals surface area contributed by atoms with Gasteiger partial charge < -0.3 is 15.4 Å². The Balaban J connectivity index is 1.46. The highest BCUT2D eigenvalue weighted by molar-refractivity contribution is 5.92. The van der Waals surface area contributed by atoms with Crippen molar-refractivity contribution in [3.63, 3.8) is 0 Å².